The maximum atomic E-state index is 13.3. The average Bonchev–Trinajstić information content (AvgIpc) is 3.33. The highest BCUT2D eigenvalue weighted by molar-refractivity contribution is 7.20. The predicted octanol–water partition coefficient (Wildman–Crippen LogP) is 2.49. The summed E-state index contributed by atoms with van der Waals surface area (Å²) in [5.74, 6) is 0.0320. The van der Waals surface area contributed by atoms with Crippen molar-refractivity contribution < 1.29 is 14.3 Å². The van der Waals surface area contributed by atoms with E-state index in [1.165, 1.54) is 11.3 Å². The lowest BCUT2D eigenvalue weighted by atomic mass is 9.94. The molecule has 0 radical (unpaired) electrons. The summed E-state index contributed by atoms with van der Waals surface area (Å²) in [5, 5.41) is 6.25. The SMILES string of the molecule is Cn1cc2cc(-c3ccc4cc(C(=O)N5CCOCC56COC6)sc4n3)cnc2n1. The number of morpholine rings is 1. The fraction of sp³-hybridized carbons (Fsp3) is 0.333. The third-order valence-corrected chi connectivity index (χ3v) is 6.78. The largest absolute Gasteiger partial charge is 0.377 e. The minimum absolute atomic E-state index is 0.0320. The van der Waals surface area contributed by atoms with Gasteiger partial charge in [-0.25, -0.2) is 9.97 Å². The van der Waals surface area contributed by atoms with Crippen molar-refractivity contribution in [3.05, 3.63) is 41.5 Å². The number of rotatable bonds is 2. The van der Waals surface area contributed by atoms with Gasteiger partial charge in [0.15, 0.2) is 5.65 Å². The molecular formula is C21H19N5O3S. The zero-order valence-electron chi connectivity index (χ0n) is 16.4. The highest BCUT2D eigenvalue weighted by Gasteiger charge is 2.49. The Morgan fingerprint density at radius 2 is 2.03 bits per heavy atom. The van der Waals surface area contributed by atoms with Crippen molar-refractivity contribution in [2.75, 3.05) is 33.0 Å². The molecule has 4 aromatic heterocycles. The second-order valence-corrected chi connectivity index (χ2v) is 8.90. The minimum Gasteiger partial charge on any atom is -0.377 e. The van der Waals surface area contributed by atoms with E-state index in [1.54, 1.807) is 10.9 Å². The molecule has 2 fully saturated rings. The molecule has 0 unspecified atom stereocenters. The van der Waals surface area contributed by atoms with Gasteiger partial charge in [-0.3, -0.25) is 9.48 Å². The standard InChI is InChI=1S/C21H19N5O3S/c1-25-9-15-6-14(8-22-18(15)24-25)16-3-2-13-7-17(30-19(13)23-16)20(27)26-4-5-28-10-21(26)11-29-12-21/h2-3,6-9H,4-5,10-12H2,1H3. The molecule has 30 heavy (non-hydrogen) atoms. The Hall–Kier alpha value is -2.88. The Morgan fingerprint density at radius 3 is 2.87 bits per heavy atom. The van der Waals surface area contributed by atoms with E-state index in [9.17, 15) is 4.79 Å². The summed E-state index contributed by atoms with van der Waals surface area (Å²) in [5.41, 5.74) is 2.16. The Kier molecular flexibility index (Phi) is 3.92. The smallest absolute Gasteiger partial charge is 0.264 e. The topological polar surface area (TPSA) is 82.4 Å². The number of ether oxygens (including phenoxy) is 2. The van der Waals surface area contributed by atoms with Gasteiger partial charge in [0.05, 0.1) is 37.0 Å². The van der Waals surface area contributed by atoms with E-state index in [4.69, 9.17) is 14.5 Å². The van der Waals surface area contributed by atoms with Crippen LogP contribution in [0.4, 0.5) is 0 Å². The third kappa shape index (κ3) is 2.73. The molecular weight excluding hydrogens is 402 g/mol. The van der Waals surface area contributed by atoms with Gasteiger partial charge >= 0.3 is 0 Å². The fourth-order valence-corrected chi connectivity index (χ4v) is 5.10. The van der Waals surface area contributed by atoms with Gasteiger partial charge in [-0.05, 0) is 24.3 Å². The lowest BCUT2D eigenvalue weighted by Crippen LogP contribution is -2.69. The lowest BCUT2D eigenvalue weighted by molar-refractivity contribution is -0.180. The first-order valence-corrected chi connectivity index (χ1v) is 10.6. The van der Waals surface area contributed by atoms with Gasteiger partial charge in [-0.15, -0.1) is 11.3 Å². The van der Waals surface area contributed by atoms with Crippen molar-refractivity contribution in [2.24, 2.45) is 7.05 Å². The Balaban J connectivity index is 1.34. The van der Waals surface area contributed by atoms with Gasteiger partial charge in [-0.1, -0.05) is 0 Å². The van der Waals surface area contributed by atoms with Crippen LogP contribution in [0.1, 0.15) is 9.67 Å². The molecule has 0 bridgehead atoms. The first kappa shape index (κ1) is 17.9. The maximum absolute atomic E-state index is 13.3. The molecule has 6 heterocycles. The molecule has 2 aliphatic rings. The Labute approximate surface area is 176 Å². The van der Waals surface area contributed by atoms with Gasteiger partial charge < -0.3 is 14.4 Å². The molecule has 1 spiro atoms. The maximum Gasteiger partial charge on any atom is 0.264 e. The number of hydrogen-bond acceptors (Lipinski definition) is 7. The van der Waals surface area contributed by atoms with E-state index < -0.39 is 0 Å². The lowest BCUT2D eigenvalue weighted by Gasteiger charge is -2.51. The Morgan fingerprint density at radius 1 is 1.17 bits per heavy atom. The zero-order valence-corrected chi connectivity index (χ0v) is 17.2. The van der Waals surface area contributed by atoms with Crippen molar-refractivity contribution in [1.82, 2.24) is 24.6 Å². The second kappa shape index (κ2) is 6.56. The average molecular weight is 421 g/mol. The quantitative estimate of drug-likeness (QED) is 0.495. The molecule has 8 nitrogen and oxygen atoms in total. The number of pyridine rings is 2. The van der Waals surface area contributed by atoms with Crippen LogP contribution >= 0.6 is 11.3 Å². The van der Waals surface area contributed by atoms with Crippen LogP contribution in [0.2, 0.25) is 0 Å². The molecule has 0 N–H and O–H groups in total. The van der Waals surface area contributed by atoms with Crippen molar-refractivity contribution in [3.63, 3.8) is 0 Å². The first-order chi connectivity index (χ1) is 14.6. The Bertz CT molecular complexity index is 1290. The predicted molar refractivity (Wildman–Crippen MR) is 113 cm³/mol. The van der Waals surface area contributed by atoms with Crippen LogP contribution in [0, 0.1) is 0 Å². The van der Waals surface area contributed by atoms with Crippen molar-refractivity contribution >= 4 is 38.5 Å². The molecule has 4 aromatic rings. The molecule has 0 aromatic carbocycles. The van der Waals surface area contributed by atoms with Crippen LogP contribution in [-0.2, 0) is 16.5 Å². The molecule has 1 amide bonds. The number of aryl methyl sites for hydroxylation is 1. The number of nitrogens with zero attached hydrogens (tertiary/aromatic N) is 5. The van der Waals surface area contributed by atoms with E-state index in [2.05, 4.69) is 10.1 Å². The molecule has 152 valence electrons. The van der Waals surface area contributed by atoms with Gasteiger partial charge in [0.25, 0.3) is 5.91 Å². The van der Waals surface area contributed by atoms with Crippen LogP contribution in [-0.4, -0.2) is 69.1 Å². The zero-order chi connectivity index (χ0) is 20.3. The normalized spacial score (nSPS) is 18.2. The first-order valence-electron chi connectivity index (χ1n) is 9.79. The van der Waals surface area contributed by atoms with Crippen molar-refractivity contribution in [2.45, 2.75) is 5.54 Å². The minimum atomic E-state index is -0.311. The summed E-state index contributed by atoms with van der Waals surface area (Å²) in [6.45, 7) is 2.76. The van der Waals surface area contributed by atoms with Crippen LogP contribution in [0.15, 0.2) is 36.7 Å². The van der Waals surface area contributed by atoms with Gasteiger partial charge in [0.1, 0.15) is 10.4 Å². The molecule has 0 saturated carbocycles. The van der Waals surface area contributed by atoms with Crippen LogP contribution in [0.25, 0.3) is 32.5 Å². The molecule has 6 rings (SSSR count). The summed E-state index contributed by atoms with van der Waals surface area (Å²) >= 11 is 1.43. The second-order valence-electron chi connectivity index (χ2n) is 7.87. The highest BCUT2D eigenvalue weighted by atomic mass is 32.1. The number of carbonyl (C=O) groups excluding carboxylic acids is 1. The van der Waals surface area contributed by atoms with E-state index in [-0.39, 0.29) is 11.4 Å². The third-order valence-electron chi connectivity index (χ3n) is 5.75. The molecule has 2 aliphatic heterocycles. The molecule has 0 aliphatic carbocycles. The number of thiophene rings is 1. The number of fused-ring (bicyclic) bond motifs is 2. The molecule has 0 atom stereocenters. The summed E-state index contributed by atoms with van der Waals surface area (Å²) in [6, 6.07) is 7.96. The van der Waals surface area contributed by atoms with E-state index >= 15 is 0 Å². The van der Waals surface area contributed by atoms with Gasteiger partial charge in [0.2, 0.25) is 0 Å². The van der Waals surface area contributed by atoms with E-state index in [1.807, 2.05) is 42.4 Å². The number of carbonyl (C=O) groups is 1. The summed E-state index contributed by atoms with van der Waals surface area (Å²) in [7, 11) is 1.88. The van der Waals surface area contributed by atoms with Crippen LogP contribution in [0.5, 0.6) is 0 Å². The number of amides is 1. The van der Waals surface area contributed by atoms with E-state index in [0.717, 1.165) is 26.9 Å². The van der Waals surface area contributed by atoms with Crippen LogP contribution < -0.4 is 0 Å². The van der Waals surface area contributed by atoms with Crippen molar-refractivity contribution in [1.29, 1.82) is 0 Å². The van der Waals surface area contributed by atoms with E-state index in [0.29, 0.717) is 43.5 Å². The molecule has 2 saturated heterocycles. The summed E-state index contributed by atoms with van der Waals surface area (Å²) in [4.78, 5) is 26.0. The number of hydrogen-bond donors (Lipinski definition) is 0. The summed E-state index contributed by atoms with van der Waals surface area (Å²) in [6.07, 6.45) is 3.73. The monoisotopic (exact) mass is 421 g/mol. The van der Waals surface area contributed by atoms with Crippen LogP contribution in [0.3, 0.4) is 0 Å². The fourth-order valence-electron chi connectivity index (χ4n) is 4.12. The van der Waals surface area contributed by atoms with Gasteiger partial charge in [0, 0.05) is 42.3 Å². The van der Waals surface area contributed by atoms with Crippen molar-refractivity contribution in [3.8, 4) is 11.3 Å². The summed E-state index contributed by atoms with van der Waals surface area (Å²) < 4.78 is 12.7. The highest BCUT2D eigenvalue weighted by Crippen LogP contribution is 2.33. The molecule has 9 heteroatoms. The number of aromatic nitrogens is 4. The van der Waals surface area contributed by atoms with Gasteiger partial charge in [-0.2, -0.15) is 5.10 Å².